The third kappa shape index (κ3) is 2.90. The van der Waals surface area contributed by atoms with Crippen molar-refractivity contribution in [1.29, 1.82) is 0 Å². The van der Waals surface area contributed by atoms with Crippen LogP contribution >= 0.6 is 0 Å². The third-order valence-electron chi connectivity index (χ3n) is 3.76. The van der Waals surface area contributed by atoms with Crippen LogP contribution in [0.15, 0.2) is 61.2 Å². The van der Waals surface area contributed by atoms with Crippen molar-refractivity contribution in [2.45, 2.75) is 19.1 Å². The highest BCUT2D eigenvalue weighted by molar-refractivity contribution is 5.35. The molecule has 3 rings (SSSR count). The molecule has 2 aromatic carbocycles. The Morgan fingerprint density at radius 2 is 1.32 bits per heavy atom. The predicted molar refractivity (Wildman–Crippen MR) is 85.9 cm³/mol. The molecule has 5 heteroatoms. The van der Waals surface area contributed by atoms with E-state index < -0.39 is 0 Å². The zero-order chi connectivity index (χ0) is 15.4. The summed E-state index contributed by atoms with van der Waals surface area (Å²) < 4.78 is 1.86. The van der Waals surface area contributed by atoms with Crippen molar-refractivity contribution in [2.75, 3.05) is 0 Å². The average molecular weight is 293 g/mol. The van der Waals surface area contributed by atoms with Crippen molar-refractivity contribution >= 4 is 0 Å². The highest BCUT2D eigenvalue weighted by Crippen LogP contribution is 2.26. The standard InChI is InChI=1S/C17H19N5/c18-9-13-1-5-15(6-2-13)17(22-12-20-11-21-22)16-7-3-14(10-19)4-8-16/h1-8,11-12,17H,9-10,18-19H2. The lowest BCUT2D eigenvalue weighted by molar-refractivity contribution is 0.593. The van der Waals surface area contributed by atoms with Crippen LogP contribution in [0.1, 0.15) is 28.3 Å². The molecule has 0 aliphatic rings. The second-order valence-electron chi connectivity index (χ2n) is 5.17. The van der Waals surface area contributed by atoms with Gasteiger partial charge in [-0.2, -0.15) is 5.10 Å². The summed E-state index contributed by atoms with van der Waals surface area (Å²) in [6.45, 7) is 1.08. The molecule has 1 aromatic heterocycles. The van der Waals surface area contributed by atoms with E-state index in [-0.39, 0.29) is 6.04 Å². The van der Waals surface area contributed by atoms with Gasteiger partial charge in [-0.1, -0.05) is 48.5 Å². The molecule has 3 aromatic rings. The number of rotatable bonds is 5. The lowest BCUT2D eigenvalue weighted by Crippen LogP contribution is -2.13. The van der Waals surface area contributed by atoms with E-state index in [2.05, 4.69) is 34.3 Å². The molecule has 4 N–H and O–H groups in total. The Kier molecular flexibility index (Phi) is 4.27. The molecule has 112 valence electrons. The Morgan fingerprint density at radius 3 is 1.68 bits per heavy atom. The molecule has 0 fully saturated rings. The maximum atomic E-state index is 5.67. The van der Waals surface area contributed by atoms with Gasteiger partial charge in [0.2, 0.25) is 0 Å². The quantitative estimate of drug-likeness (QED) is 0.752. The van der Waals surface area contributed by atoms with Crippen LogP contribution in [0.5, 0.6) is 0 Å². The van der Waals surface area contributed by atoms with Crippen LogP contribution in [0.25, 0.3) is 0 Å². The van der Waals surface area contributed by atoms with Gasteiger partial charge >= 0.3 is 0 Å². The van der Waals surface area contributed by atoms with Gasteiger partial charge in [-0.15, -0.1) is 0 Å². The number of hydrogen-bond acceptors (Lipinski definition) is 4. The summed E-state index contributed by atoms with van der Waals surface area (Å²) >= 11 is 0. The second kappa shape index (κ2) is 6.51. The van der Waals surface area contributed by atoms with Gasteiger partial charge in [0.15, 0.2) is 0 Å². The van der Waals surface area contributed by atoms with Crippen molar-refractivity contribution in [2.24, 2.45) is 11.5 Å². The smallest absolute Gasteiger partial charge is 0.137 e. The monoisotopic (exact) mass is 293 g/mol. The maximum Gasteiger partial charge on any atom is 0.137 e. The zero-order valence-corrected chi connectivity index (χ0v) is 12.3. The van der Waals surface area contributed by atoms with E-state index in [9.17, 15) is 0 Å². The molecule has 0 saturated heterocycles. The molecular formula is C17H19N5. The van der Waals surface area contributed by atoms with E-state index in [1.54, 1.807) is 12.7 Å². The lowest BCUT2D eigenvalue weighted by atomic mass is 9.97. The van der Waals surface area contributed by atoms with Gasteiger partial charge < -0.3 is 11.5 Å². The zero-order valence-electron chi connectivity index (χ0n) is 12.3. The van der Waals surface area contributed by atoms with Gasteiger partial charge in [-0.25, -0.2) is 9.67 Å². The normalized spacial score (nSPS) is 11.0. The van der Waals surface area contributed by atoms with Crippen molar-refractivity contribution in [1.82, 2.24) is 14.8 Å². The minimum absolute atomic E-state index is 0.0128. The largest absolute Gasteiger partial charge is 0.326 e. The first-order valence-electron chi connectivity index (χ1n) is 7.23. The molecule has 0 bridgehead atoms. The van der Waals surface area contributed by atoms with E-state index in [0.717, 1.165) is 22.3 Å². The Balaban J connectivity index is 2.02. The first-order chi connectivity index (χ1) is 10.8. The Bertz CT molecular complexity index is 654. The summed E-state index contributed by atoms with van der Waals surface area (Å²) in [6, 6.07) is 16.5. The number of nitrogens with zero attached hydrogens (tertiary/aromatic N) is 3. The molecular weight excluding hydrogens is 274 g/mol. The number of benzene rings is 2. The summed E-state index contributed by atoms with van der Waals surface area (Å²) in [5, 5.41) is 4.31. The molecule has 0 unspecified atom stereocenters. The van der Waals surface area contributed by atoms with Crippen LogP contribution in [0, 0.1) is 0 Å². The molecule has 0 radical (unpaired) electrons. The molecule has 1 heterocycles. The molecule has 22 heavy (non-hydrogen) atoms. The van der Waals surface area contributed by atoms with Crippen molar-refractivity contribution in [3.63, 3.8) is 0 Å². The van der Waals surface area contributed by atoms with Crippen molar-refractivity contribution in [3.8, 4) is 0 Å². The minimum atomic E-state index is -0.0128. The average Bonchev–Trinajstić information content (AvgIpc) is 3.10. The number of aromatic nitrogens is 3. The summed E-state index contributed by atoms with van der Waals surface area (Å²) in [5.41, 5.74) is 15.9. The SMILES string of the molecule is NCc1ccc(C(c2ccc(CN)cc2)n2cncn2)cc1. The molecule has 5 nitrogen and oxygen atoms in total. The Hall–Kier alpha value is -2.50. The maximum absolute atomic E-state index is 5.67. The second-order valence-corrected chi connectivity index (χ2v) is 5.17. The van der Waals surface area contributed by atoms with E-state index in [0.29, 0.717) is 13.1 Å². The van der Waals surface area contributed by atoms with Gasteiger partial charge in [0, 0.05) is 13.1 Å². The van der Waals surface area contributed by atoms with Crippen molar-refractivity contribution in [3.05, 3.63) is 83.4 Å². The Labute approximate surface area is 129 Å². The highest BCUT2D eigenvalue weighted by atomic mass is 15.3. The van der Waals surface area contributed by atoms with Crippen LogP contribution < -0.4 is 11.5 Å². The van der Waals surface area contributed by atoms with Crippen LogP contribution in [-0.2, 0) is 13.1 Å². The number of nitrogens with two attached hydrogens (primary N) is 2. The van der Waals surface area contributed by atoms with Gasteiger partial charge in [-0.05, 0) is 22.3 Å². The first kappa shape index (κ1) is 14.4. The predicted octanol–water partition coefficient (Wildman–Crippen LogP) is 1.83. The summed E-state index contributed by atoms with van der Waals surface area (Å²) in [6.07, 6.45) is 3.29. The molecule has 0 amide bonds. The van der Waals surface area contributed by atoms with E-state index in [1.165, 1.54) is 0 Å². The van der Waals surface area contributed by atoms with Gasteiger partial charge in [0.25, 0.3) is 0 Å². The van der Waals surface area contributed by atoms with Crippen LogP contribution in [0.4, 0.5) is 0 Å². The summed E-state index contributed by atoms with van der Waals surface area (Å²) in [7, 11) is 0. The highest BCUT2D eigenvalue weighted by Gasteiger charge is 2.16. The lowest BCUT2D eigenvalue weighted by Gasteiger charge is -2.19. The number of hydrogen-bond donors (Lipinski definition) is 2. The summed E-state index contributed by atoms with van der Waals surface area (Å²) in [5.74, 6) is 0. The fourth-order valence-electron chi connectivity index (χ4n) is 2.52. The van der Waals surface area contributed by atoms with Gasteiger partial charge in [0.05, 0.1) is 0 Å². The van der Waals surface area contributed by atoms with Gasteiger partial charge in [-0.3, -0.25) is 0 Å². The fraction of sp³-hybridized carbons (Fsp3) is 0.176. The van der Waals surface area contributed by atoms with Crippen LogP contribution in [-0.4, -0.2) is 14.8 Å². The molecule has 0 atom stereocenters. The van der Waals surface area contributed by atoms with Gasteiger partial charge in [0.1, 0.15) is 18.7 Å². The molecule has 0 aliphatic carbocycles. The summed E-state index contributed by atoms with van der Waals surface area (Å²) in [4.78, 5) is 4.07. The third-order valence-corrected chi connectivity index (χ3v) is 3.76. The minimum Gasteiger partial charge on any atom is -0.326 e. The van der Waals surface area contributed by atoms with Crippen LogP contribution in [0.2, 0.25) is 0 Å². The van der Waals surface area contributed by atoms with E-state index in [1.807, 2.05) is 28.9 Å². The topological polar surface area (TPSA) is 82.8 Å². The first-order valence-corrected chi connectivity index (χ1v) is 7.23. The van der Waals surface area contributed by atoms with Crippen LogP contribution in [0.3, 0.4) is 0 Å². The molecule has 0 aliphatic heterocycles. The Morgan fingerprint density at radius 1 is 0.818 bits per heavy atom. The van der Waals surface area contributed by atoms with E-state index in [4.69, 9.17) is 11.5 Å². The van der Waals surface area contributed by atoms with E-state index >= 15 is 0 Å². The molecule has 0 spiro atoms. The molecule has 0 saturated carbocycles. The fourth-order valence-corrected chi connectivity index (χ4v) is 2.52. The van der Waals surface area contributed by atoms with Crippen molar-refractivity contribution < 1.29 is 0 Å².